The third-order valence-corrected chi connectivity index (χ3v) is 3.70. The van der Waals surface area contributed by atoms with Crippen molar-refractivity contribution < 1.29 is 0 Å². The Morgan fingerprint density at radius 2 is 1.84 bits per heavy atom. The molecule has 7 heteroatoms. The normalized spacial score (nSPS) is 11.4. The second-order valence-electron chi connectivity index (χ2n) is 4.52. The van der Waals surface area contributed by atoms with Crippen LogP contribution in [0.15, 0.2) is 6.20 Å². The van der Waals surface area contributed by atoms with Crippen LogP contribution in [-0.2, 0) is 7.05 Å². The van der Waals surface area contributed by atoms with Crippen molar-refractivity contribution in [3.05, 3.63) is 28.4 Å². The van der Waals surface area contributed by atoms with Crippen molar-refractivity contribution in [1.82, 2.24) is 29.4 Å². The fourth-order valence-corrected chi connectivity index (χ4v) is 2.32. The zero-order valence-corrected chi connectivity index (χ0v) is 11.9. The van der Waals surface area contributed by atoms with Crippen LogP contribution >= 0.6 is 11.6 Å². The van der Waals surface area contributed by atoms with Gasteiger partial charge in [-0.3, -0.25) is 9.08 Å². The maximum absolute atomic E-state index is 6.12. The molecule has 0 unspecified atom stereocenters. The molecule has 0 radical (unpaired) electrons. The van der Waals surface area contributed by atoms with Gasteiger partial charge in [0.2, 0.25) is 0 Å². The van der Waals surface area contributed by atoms with Crippen molar-refractivity contribution in [2.75, 3.05) is 0 Å². The number of hydrogen-bond acceptors (Lipinski definition) is 4. The summed E-state index contributed by atoms with van der Waals surface area (Å²) in [6.45, 7) is 5.89. The molecule has 0 aliphatic rings. The average molecular weight is 277 g/mol. The smallest absolute Gasteiger partial charge is 0.199 e. The van der Waals surface area contributed by atoms with E-state index >= 15 is 0 Å². The van der Waals surface area contributed by atoms with E-state index in [-0.39, 0.29) is 0 Å². The quantitative estimate of drug-likeness (QED) is 0.683. The monoisotopic (exact) mass is 276 g/mol. The van der Waals surface area contributed by atoms with Crippen LogP contribution in [-0.4, -0.2) is 29.4 Å². The van der Waals surface area contributed by atoms with E-state index < -0.39 is 0 Å². The standard InChI is InChI=1S/C12H13ClN6/c1-6-7(2)19-11(9-5-14-18(4)8(9)3)16-17-12(19)10(13)15-6/h5H,1-4H3. The Labute approximate surface area is 115 Å². The number of rotatable bonds is 1. The molecule has 0 bridgehead atoms. The first-order valence-electron chi connectivity index (χ1n) is 5.87. The first-order chi connectivity index (χ1) is 9.00. The van der Waals surface area contributed by atoms with Crippen LogP contribution < -0.4 is 0 Å². The van der Waals surface area contributed by atoms with Crippen LogP contribution in [0.4, 0.5) is 0 Å². The second kappa shape index (κ2) is 4.03. The SMILES string of the molecule is Cc1nc(Cl)c2nnc(-c3cnn(C)c3C)n2c1C. The Morgan fingerprint density at radius 3 is 2.47 bits per heavy atom. The Morgan fingerprint density at radius 1 is 1.11 bits per heavy atom. The molecule has 0 fully saturated rings. The Bertz CT molecular complexity index is 785. The molecule has 0 atom stereocenters. The topological polar surface area (TPSA) is 60.9 Å². The maximum atomic E-state index is 6.12. The van der Waals surface area contributed by atoms with E-state index in [0.29, 0.717) is 10.8 Å². The fraction of sp³-hybridized carbons (Fsp3) is 0.333. The molecule has 0 saturated heterocycles. The van der Waals surface area contributed by atoms with Crippen molar-refractivity contribution in [2.45, 2.75) is 20.8 Å². The number of aryl methyl sites for hydroxylation is 3. The fourth-order valence-electron chi connectivity index (χ4n) is 2.07. The summed E-state index contributed by atoms with van der Waals surface area (Å²) in [6, 6.07) is 0. The first-order valence-corrected chi connectivity index (χ1v) is 6.25. The number of hydrogen-bond donors (Lipinski definition) is 0. The molecule has 0 amide bonds. The molecule has 3 heterocycles. The molecule has 6 nitrogen and oxygen atoms in total. The summed E-state index contributed by atoms with van der Waals surface area (Å²) < 4.78 is 3.73. The molecule has 3 aromatic heterocycles. The lowest BCUT2D eigenvalue weighted by molar-refractivity contribution is 0.740. The zero-order valence-electron chi connectivity index (χ0n) is 11.1. The van der Waals surface area contributed by atoms with E-state index in [9.17, 15) is 0 Å². The minimum absolute atomic E-state index is 0.364. The summed E-state index contributed by atoms with van der Waals surface area (Å²) in [6.07, 6.45) is 1.79. The predicted octanol–water partition coefficient (Wildman–Crippen LogP) is 2.10. The molecule has 0 aliphatic heterocycles. The van der Waals surface area contributed by atoms with Crippen molar-refractivity contribution in [2.24, 2.45) is 7.05 Å². The Hall–Kier alpha value is -1.95. The van der Waals surface area contributed by atoms with Gasteiger partial charge in [0.15, 0.2) is 16.6 Å². The lowest BCUT2D eigenvalue weighted by Gasteiger charge is -2.06. The molecule has 98 valence electrons. The van der Waals surface area contributed by atoms with E-state index in [2.05, 4.69) is 20.3 Å². The van der Waals surface area contributed by atoms with E-state index in [1.165, 1.54) is 0 Å². The van der Waals surface area contributed by atoms with Crippen LogP contribution in [0.2, 0.25) is 5.15 Å². The highest BCUT2D eigenvalue weighted by molar-refractivity contribution is 6.32. The highest BCUT2D eigenvalue weighted by Crippen LogP contribution is 2.26. The summed E-state index contributed by atoms with van der Waals surface area (Å²) in [7, 11) is 1.90. The van der Waals surface area contributed by atoms with Gasteiger partial charge in [-0.15, -0.1) is 10.2 Å². The molecule has 19 heavy (non-hydrogen) atoms. The van der Waals surface area contributed by atoms with Crippen molar-refractivity contribution in [3.63, 3.8) is 0 Å². The highest BCUT2D eigenvalue weighted by Gasteiger charge is 2.18. The van der Waals surface area contributed by atoms with Crippen LogP contribution in [0.1, 0.15) is 17.1 Å². The van der Waals surface area contributed by atoms with E-state index in [0.717, 1.165) is 28.5 Å². The van der Waals surface area contributed by atoms with Gasteiger partial charge in [-0.2, -0.15) is 5.10 Å². The molecule has 0 aliphatic carbocycles. The van der Waals surface area contributed by atoms with Gasteiger partial charge in [0.05, 0.1) is 17.5 Å². The number of halogens is 1. The molecule has 0 spiro atoms. The van der Waals surface area contributed by atoms with Crippen LogP contribution in [0.25, 0.3) is 17.0 Å². The number of fused-ring (bicyclic) bond motifs is 1. The third-order valence-electron chi connectivity index (χ3n) is 3.45. The van der Waals surface area contributed by atoms with E-state index in [1.807, 2.05) is 32.2 Å². The number of aromatic nitrogens is 6. The van der Waals surface area contributed by atoms with Gasteiger partial charge in [0, 0.05) is 18.4 Å². The van der Waals surface area contributed by atoms with Gasteiger partial charge in [-0.1, -0.05) is 11.6 Å². The van der Waals surface area contributed by atoms with Crippen LogP contribution in [0, 0.1) is 20.8 Å². The predicted molar refractivity (Wildman–Crippen MR) is 72.2 cm³/mol. The van der Waals surface area contributed by atoms with E-state index in [1.54, 1.807) is 10.9 Å². The minimum atomic E-state index is 0.364. The molecule has 0 aromatic carbocycles. The molecular weight excluding hydrogens is 264 g/mol. The average Bonchev–Trinajstić information content (AvgIpc) is 2.93. The molecule has 0 saturated carbocycles. The van der Waals surface area contributed by atoms with Gasteiger partial charge in [0.1, 0.15) is 0 Å². The summed E-state index contributed by atoms with van der Waals surface area (Å²) in [5.74, 6) is 0.741. The Kier molecular flexibility index (Phi) is 2.56. The summed E-state index contributed by atoms with van der Waals surface area (Å²) >= 11 is 6.12. The van der Waals surface area contributed by atoms with Crippen LogP contribution in [0.5, 0.6) is 0 Å². The molecule has 3 aromatic rings. The second-order valence-corrected chi connectivity index (χ2v) is 4.88. The number of nitrogens with zero attached hydrogens (tertiary/aromatic N) is 6. The molecule has 0 N–H and O–H groups in total. The zero-order chi connectivity index (χ0) is 13.7. The van der Waals surface area contributed by atoms with Crippen LogP contribution in [0.3, 0.4) is 0 Å². The lowest BCUT2D eigenvalue weighted by Crippen LogP contribution is -2.01. The molecular formula is C12H13ClN6. The van der Waals surface area contributed by atoms with Gasteiger partial charge >= 0.3 is 0 Å². The first kappa shape index (κ1) is 12.1. The maximum Gasteiger partial charge on any atom is 0.199 e. The Balaban J connectivity index is 2.40. The largest absolute Gasteiger partial charge is 0.275 e. The van der Waals surface area contributed by atoms with Gasteiger partial charge in [-0.25, -0.2) is 4.98 Å². The third kappa shape index (κ3) is 1.63. The summed E-state index contributed by atoms with van der Waals surface area (Å²) in [5, 5.41) is 13.0. The lowest BCUT2D eigenvalue weighted by atomic mass is 10.2. The van der Waals surface area contributed by atoms with Gasteiger partial charge in [0.25, 0.3) is 0 Å². The van der Waals surface area contributed by atoms with E-state index in [4.69, 9.17) is 11.6 Å². The molecule has 3 rings (SSSR count). The van der Waals surface area contributed by atoms with Crippen molar-refractivity contribution >= 4 is 17.2 Å². The summed E-state index contributed by atoms with van der Waals surface area (Å²) in [4.78, 5) is 4.26. The van der Waals surface area contributed by atoms with Crippen molar-refractivity contribution in [3.8, 4) is 11.4 Å². The summed E-state index contributed by atoms with van der Waals surface area (Å²) in [5.41, 5.74) is 4.38. The highest BCUT2D eigenvalue weighted by atomic mass is 35.5. The van der Waals surface area contributed by atoms with Gasteiger partial charge < -0.3 is 0 Å². The van der Waals surface area contributed by atoms with Crippen molar-refractivity contribution in [1.29, 1.82) is 0 Å². The minimum Gasteiger partial charge on any atom is -0.275 e. The van der Waals surface area contributed by atoms with Gasteiger partial charge in [-0.05, 0) is 20.8 Å².